The van der Waals surface area contributed by atoms with Crippen molar-refractivity contribution in [3.8, 4) is 22.5 Å². The van der Waals surface area contributed by atoms with Gasteiger partial charge in [0, 0.05) is 47.8 Å². The molecule has 5 rings (SSSR count). The number of rotatable bonds is 9. The van der Waals surface area contributed by atoms with Gasteiger partial charge in [-0.3, -0.25) is 14.2 Å². The molecule has 4 aromatic rings. The molecular formula is C29H33N7O2S. The summed E-state index contributed by atoms with van der Waals surface area (Å²) in [6, 6.07) is 16.1. The van der Waals surface area contributed by atoms with Gasteiger partial charge in [0.25, 0.3) is 5.56 Å². The Morgan fingerprint density at radius 1 is 1.05 bits per heavy atom. The maximum atomic E-state index is 13.8. The van der Waals surface area contributed by atoms with Crippen LogP contribution in [0.2, 0.25) is 0 Å². The van der Waals surface area contributed by atoms with E-state index in [0.29, 0.717) is 23.6 Å². The first kappa shape index (κ1) is 26.8. The third-order valence-corrected chi connectivity index (χ3v) is 8.06. The Bertz CT molecular complexity index is 1480. The van der Waals surface area contributed by atoms with Gasteiger partial charge in [-0.15, -0.1) is 10.2 Å². The molecule has 0 aliphatic carbocycles. The Hall–Kier alpha value is -3.79. The van der Waals surface area contributed by atoms with Gasteiger partial charge < -0.3 is 4.90 Å². The number of H-pyrrole nitrogens is 1. The van der Waals surface area contributed by atoms with Crippen molar-refractivity contribution in [3.63, 3.8) is 0 Å². The number of tetrazole rings is 1. The van der Waals surface area contributed by atoms with E-state index in [1.807, 2.05) is 72.1 Å². The van der Waals surface area contributed by atoms with Crippen molar-refractivity contribution >= 4 is 17.7 Å². The summed E-state index contributed by atoms with van der Waals surface area (Å²) in [6.45, 7) is 5.86. The number of thioether (sulfide) groups is 1. The summed E-state index contributed by atoms with van der Waals surface area (Å²) in [5.74, 6) is 3.21. The number of hydrogen-bond acceptors (Lipinski definition) is 7. The number of benzene rings is 2. The predicted octanol–water partition coefficient (Wildman–Crippen LogP) is 3.91. The molecule has 2 aromatic carbocycles. The van der Waals surface area contributed by atoms with E-state index < -0.39 is 0 Å². The Kier molecular flexibility index (Phi) is 8.51. The second kappa shape index (κ2) is 12.4. The molecule has 1 fully saturated rings. The van der Waals surface area contributed by atoms with E-state index >= 15 is 0 Å². The summed E-state index contributed by atoms with van der Waals surface area (Å²) in [5, 5.41) is 14.5. The highest BCUT2D eigenvalue weighted by Gasteiger charge is 2.22. The average Bonchev–Trinajstić information content (AvgIpc) is 3.52. The first-order valence-corrected chi connectivity index (χ1v) is 14.6. The monoisotopic (exact) mass is 543 g/mol. The van der Waals surface area contributed by atoms with Gasteiger partial charge in [-0.05, 0) is 35.2 Å². The summed E-state index contributed by atoms with van der Waals surface area (Å²) in [4.78, 5) is 33.5. The summed E-state index contributed by atoms with van der Waals surface area (Å²) in [6.07, 6.45) is 2.78. The number of aromatic nitrogens is 6. The van der Waals surface area contributed by atoms with Gasteiger partial charge in [0.2, 0.25) is 11.7 Å². The van der Waals surface area contributed by atoms with Gasteiger partial charge in [-0.2, -0.15) is 17.0 Å². The molecule has 3 heterocycles. The van der Waals surface area contributed by atoms with Crippen molar-refractivity contribution < 1.29 is 4.79 Å². The van der Waals surface area contributed by atoms with Crippen LogP contribution in [0, 0.1) is 6.92 Å². The number of nitrogens with one attached hydrogen (secondary N) is 1. The zero-order valence-electron chi connectivity index (χ0n) is 22.4. The zero-order chi connectivity index (χ0) is 27.2. The molecule has 1 N–H and O–H groups in total. The Labute approximate surface area is 232 Å². The van der Waals surface area contributed by atoms with Crippen molar-refractivity contribution in [2.24, 2.45) is 0 Å². The van der Waals surface area contributed by atoms with Crippen LogP contribution in [0.15, 0.2) is 53.3 Å². The fourth-order valence-electron chi connectivity index (χ4n) is 4.90. The largest absolute Gasteiger partial charge is 0.341 e. The standard InChI is InChI=1S/C29H33N7O2S/c1-3-4-9-26-30-20(2)25(18-27(37)35-14-16-39-17-15-35)29(38)36(26)19-21-10-12-22(13-11-21)23-7-5-6-8-24(23)28-31-33-34-32-28/h5-8,10-13H,3-4,9,14-19H2,1-2H3,(H,31,32,33,34). The van der Waals surface area contributed by atoms with E-state index in [-0.39, 0.29) is 17.9 Å². The lowest BCUT2D eigenvalue weighted by Crippen LogP contribution is -2.40. The van der Waals surface area contributed by atoms with Crippen LogP contribution in [0.4, 0.5) is 0 Å². The zero-order valence-corrected chi connectivity index (χ0v) is 23.2. The molecule has 9 nitrogen and oxygen atoms in total. The highest BCUT2D eigenvalue weighted by Crippen LogP contribution is 2.29. The molecule has 10 heteroatoms. The number of aromatic amines is 1. The number of hydrogen-bond donors (Lipinski definition) is 1. The Morgan fingerprint density at radius 2 is 1.79 bits per heavy atom. The van der Waals surface area contributed by atoms with Gasteiger partial charge in [0.05, 0.1) is 13.0 Å². The van der Waals surface area contributed by atoms with Crippen molar-refractivity contribution in [2.45, 2.75) is 46.1 Å². The molecular weight excluding hydrogens is 510 g/mol. The van der Waals surface area contributed by atoms with Crippen molar-refractivity contribution in [1.82, 2.24) is 35.1 Å². The van der Waals surface area contributed by atoms with Crippen LogP contribution in [-0.4, -0.2) is 65.6 Å². The molecule has 0 spiro atoms. The van der Waals surface area contributed by atoms with Gasteiger partial charge >= 0.3 is 0 Å². The van der Waals surface area contributed by atoms with E-state index in [1.165, 1.54) is 0 Å². The predicted molar refractivity (Wildman–Crippen MR) is 154 cm³/mol. The SMILES string of the molecule is CCCCc1nc(C)c(CC(=O)N2CCSCC2)c(=O)n1Cc1ccc(-c2ccccc2-c2nn[nH]n2)cc1. The van der Waals surface area contributed by atoms with Crippen LogP contribution in [0.1, 0.15) is 42.4 Å². The molecule has 202 valence electrons. The smallest absolute Gasteiger partial charge is 0.257 e. The highest BCUT2D eigenvalue weighted by atomic mass is 32.2. The maximum absolute atomic E-state index is 13.8. The van der Waals surface area contributed by atoms with E-state index in [1.54, 1.807) is 4.57 Å². The summed E-state index contributed by atoms with van der Waals surface area (Å²) < 4.78 is 1.76. The molecule has 0 radical (unpaired) electrons. The Morgan fingerprint density at radius 3 is 2.49 bits per heavy atom. The molecule has 0 saturated carbocycles. The Balaban J connectivity index is 1.43. The number of unbranched alkanes of at least 4 members (excludes halogenated alkanes) is 1. The minimum absolute atomic E-state index is 0.00905. The first-order valence-electron chi connectivity index (χ1n) is 13.4. The molecule has 1 saturated heterocycles. The summed E-state index contributed by atoms with van der Waals surface area (Å²) >= 11 is 1.86. The van der Waals surface area contributed by atoms with Crippen molar-refractivity contribution in [2.75, 3.05) is 24.6 Å². The normalized spacial score (nSPS) is 13.5. The van der Waals surface area contributed by atoms with Crippen LogP contribution in [0.3, 0.4) is 0 Å². The quantitative estimate of drug-likeness (QED) is 0.341. The van der Waals surface area contributed by atoms with E-state index in [2.05, 4.69) is 27.5 Å². The molecule has 1 amide bonds. The first-order chi connectivity index (χ1) is 19.0. The number of carbonyl (C=O) groups excluding carboxylic acids is 1. The molecule has 2 aromatic heterocycles. The van der Waals surface area contributed by atoms with Crippen LogP contribution >= 0.6 is 11.8 Å². The third kappa shape index (κ3) is 6.11. The molecule has 0 bridgehead atoms. The van der Waals surface area contributed by atoms with Gasteiger partial charge in [-0.25, -0.2) is 4.98 Å². The topological polar surface area (TPSA) is 110 Å². The van der Waals surface area contributed by atoms with Crippen molar-refractivity contribution in [3.05, 3.63) is 81.5 Å². The lowest BCUT2D eigenvalue weighted by Gasteiger charge is -2.26. The molecule has 0 atom stereocenters. The lowest BCUT2D eigenvalue weighted by molar-refractivity contribution is -0.130. The lowest BCUT2D eigenvalue weighted by atomic mass is 9.98. The molecule has 39 heavy (non-hydrogen) atoms. The van der Waals surface area contributed by atoms with Crippen LogP contribution < -0.4 is 5.56 Å². The summed E-state index contributed by atoms with van der Waals surface area (Å²) in [7, 11) is 0. The number of aryl methyl sites for hydroxylation is 2. The van der Waals surface area contributed by atoms with Crippen molar-refractivity contribution in [1.29, 1.82) is 0 Å². The second-order valence-electron chi connectivity index (χ2n) is 9.73. The van der Waals surface area contributed by atoms with E-state index in [4.69, 9.17) is 4.98 Å². The minimum Gasteiger partial charge on any atom is -0.341 e. The molecule has 0 unspecified atom stereocenters. The third-order valence-electron chi connectivity index (χ3n) is 7.11. The highest BCUT2D eigenvalue weighted by molar-refractivity contribution is 7.99. The van der Waals surface area contributed by atoms with E-state index in [0.717, 1.165) is 71.9 Å². The fraction of sp³-hybridized carbons (Fsp3) is 0.379. The van der Waals surface area contributed by atoms with Crippen LogP contribution in [-0.2, 0) is 24.2 Å². The van der Waals surface area contributed by atoms with Crippen LogP contribution in [0.5, 0.6) is 0 Å². The summed E-state index contributed by atoms with van der Waals surface area (Å²) in [5.41, 5.74) is 4.96. The van der Waals surface area contributed by atoms with Crippen LogP contribution in [0.25, 0.3) is 22.5 Å². The second-order valence-corrected chi connectivity index (χ2v) is 11.0. The number of nitrogens with zero attached hydrogens (tertiary/aromatic N) is 6. The maximum Gasteiger partial charge on any atom is 0.257 e. The van der Waals surface area contributed by atoms with Gasteiger partial charge in [0.15, 0.2) is 0 Å². The fourth-order valence-corrected chi connectivity index (χ4v) is 5.81. The number of carbonyl (C=O) groups is 1. The van der Waals surface area contributed by atoms with Gasteiger partial charge in [0.1, 0.15) is 5.82 Å². The molecule has 1 aliphatic rings. The number of amides is 1. The molecule has 1 aliphatic heterocycles. The van der Waals surface area contributed by atoms with E-state index in [9.17, 15) is 9.59 Å². The van der Waals surface area contributed by atoms with Gasteiger partial charge in [-0.1, -0.05) is 61.9 Å². The average molecular weight is 544 g/mol. The minimum atomic E-state index is -0.111.